The molecule has 0 aliphatic heterocycles. The van der Waals surface area contributed by atoms with Crippen LogP contribution >= 0.6 is 0 Å². The predicted octanol–water partition coefficient (Wildman–Crippen LogP) is 0.464. The Morgan fingerprint density at radius 2 is 2.18 bits per heavy atom. The lowest BCUT2D eigenvalue weighted by atomic mass is 10.6. The normalized spacial score (nSPS) is 15.3. The molecule has 0 saturated heterocycles. The first-order valence-corrected chi connectivity index (χ1v) is 5.79. The fraction of sp³-hybridized carbons (Fsp3) is 0.455. The molecule has 6 nitrogen and oxygen atoms in total. The van der Waals surface area contributed by atoms with E-state index < -0.39 is 0 Å². The van der Waals surface area contributed by atoms with E-state index >= 15 is 0 Å². The van der Waals surface area contributed by atoms with E-state index in [2.05, 4.69) is 5.10 Å². The third-order valence-corrected chi connectivity index (χ3v) is 3.04. The van der Waals surface area contributed by atoms with Crippen molar-refractivity contribution in [2.45, 2.75) is 32.0 Å². The quantitative estimate of drug-likeness (QED) is 0.834. The van der Waals surface area contributed by atoms with Gasteiger partial charge in [0.15, 0.2) is 0 Å². The smallest absolute Gasteiger partial charge is 0.328 e. The third-order valence-electron chi connectivity index (χ3n) is 3.04. The Balaban J connectivity index is 1.71. The molecule has 3 rings (SSSR count). The van der Waals surface area contributed by atoms with Crippen LogP contribution in [-0.4, -0.2) is 18.9 Å². The van der Waals surface area contributed by atoms with Gasteiger partial charge in [0.25, 0.3) is 0 Å². The highest BCUT2D eigenvalue weighted by Gasteiger charge is 2.25. The van der Waals surface area contributed by atoms with Crippen molar-refractivity contribution in [3.8, 4) is 0 Å². The van der Waals surface area contributed by atoms with Crippen molar-refractivity contribution in [2.24, 2.45) is 0 Å². The first-order valence-electron chi connectivity index (χ1n) is 5.79. The highest BCUT2D eigenvalue weighted by atomic mass is 16.1. The molecule has 0 aromatic carbocycles. The minimum absolute atomic E-state index is 0.0765. The van der Waals surface area contributed by atoms with Crippen LogP contribution in [0.3, 0.4) is 0 Å². The number of rotatable bonds is 4. The van der Waals surface area contributed by atoms with Crippen molar-refractivity contribution in [1.82, 2.24) is 18.9 Å². The van der Waals surface area contributed by atoms with Crippen LogP contribution in [0.2, 0.25) is 0 Å². The SMILES string of the molecule is Nc1cnn(CCn2ccn(C3CC3)c2=O)c1. The van der Waals surface area contributed by atoms with Gasteiger partial charge in [-0.1, -0.05) is 0 Å². The zero-order chi connectivity index (χ0) is 11.8. The van der Waals surface area contributed by atoms with Crippen LogP contribution in [0.25, 0.3) is 0 Å². The van der Waals surface area contributed by atoms with Crippen LogP contribution in [0, 0.1) is 0 Å². The fourth-order valence-electron chi connectivity index (χ4n) is 1.94. The molecule has 0 radical (unpaired) electrons. The van der Waals surface area contributed by atoms with Crippen LogP contribution in [-0.2, 0) is 13.1 Å². The number of hydrogen-bond acceptors (Lipinski definition) is 3. The number of hydrogen-bond donors (Lipinski definition) is 1. The van der Waals surface area contributed by atoms with E-state index in [4.69, 9.17) is 5.73 Å². The Morgan fingerprint density at radius 3 is 2.82 bits per heavy atom. The second-order valence-corrected chi connectivity index (χ2v) is 4.45. The molecule has 6 heteroatoms. The first kappa shape index (κ1) is 10.2. The van der Waals surface area contributed by atoms with Crippen molar-refractivity contribution in [3.05, 3.63) is 35.3 Å². The van der Waals surface area contributed by atoms with Gasteiger partial charge in [0.2, 0.25) is 0 Å². The monoisotopic (exact) mass is 233 g/mol. The number of aromatic nitrogens is 4. The summed E-state index contributed by atoms with van der Waals surface area (Å²) in [6.45, 7) is 1.28. The van der Waals surface area contributed by atoms with Gasteiger partial charge in [0, 0.05) is 31.2 Å². The summed E-state index contributed by atoms with van der Waals surface area (Å²) >= 11 is 0. The highest BCUT2D eigenvalue weighted by molar-refractivity contribution is 5.30. The van der Waals surface area contributed by atoms with Crippen LogP contribution in [0.1, 0.15) is 18.9 Å². The topological polar surface area (TPSA) is 70.8 Å². The average molecular weight is 233 g/mol. The van der Waals surface area contributed by atoms with Crippen LogP contribution in [0.4, 0.5) is 5.69 Å². The Morgan fingerprint density at radius 1 is 1.35 bits per heavy atom. The van der Waals surface area contributed by atoms with Crippen LogP contribution in [0.5, 0.6) is 0 Å². The molecule has 2 aromatic heterocycles. The molecule has 0 atom stereocenters. The zero-order valence-corrected chi connectivity index (χ0v) is 9.49. The van der Waals surface area contributed by atoms with Gasteiger partial charge in [0.05, 0.1) is 18.4 Å². The fourth-order valence-corrected chi connectivity index (χ4v) is 1.94. The van der Waals surface area contributed by atoms with Gasteiger partial charge in [-0.05, 0) is 12.8 Å². The van der Waals surface area contributed by atoms with Gasteiger partial charge in [-0.3, -0.25) is 13.8 Å². The van der Waals surface area contributed by atoms with Crippen molar-refractivity contribution in [1.29, 1.82) is 0 Å². The Bertz CT molecular complexity index is 575. The lowest BCUT2D eigenvalue weighted by Crippen LogP contribution is -2.25. The average Bonchev–Trinajstić information content (AvgIpc) is 2.97. The van der Waals surface area contributed by atoms with Gasteiger partial charge in [-0.25, -0.2) is 4.79 Å². The summed E-state index contributed by atoms with van der Waals surface area (Å²) in [6, 6.07) is 0.434. The highest BCUT2D eigenvalue weighted by Crippen LogP contribution is 2.33. The molecular weight excluding hydrogens is 218 g/mol. The summed E-state index contributed by atoms with van der Waals surface area (Å²) in [7, 11) is 0. The molecule has 1 aliphatic carbocycles. The molecule has 2 heterocycles. The largest absolute Gasteiger partial charge is 0.396 e. The Labute approximate surface area is 98.3 Å². The molecule has 90 valence electrons. The molecule has 1 saturated carbocycles. The summed E-state index contributed by atoms with van der Waals surface area (Å²) in [5.74, 6) is 0. The molecule has 0 unspecified atom stereocenters. The zero-order valence-electron chi connectivity index (χ0n) is 9.49. The van der Waals surface area contributed by atoms with Gasteiger partial charge >= 0.3 is 5.69 Å². The van der Waals surface area contributed by atoms with E-state index in [0.717, 1.165) is 12.8 Å². The standard InChI is InChI=1S/C11H15N5O/c12-9-7-13-15(8-9)5-3-14-4-6-16(11(14)17)10-1-2-10/h4,6-8,10H,1-3,5,12H2. The maximum absolute atomic E-state index is 11.9. The number of nitrogen functional groups attached to an aromatic ring is 1. The Kier molecular flexibility index (Phi) is 2.28. The molecule has 17 heavy (non-hydrogen) atoms. The molecule has 2 aromatic rings. The van der Waals surface area contributed by atoms with Crippen molar-refractivity contribution < 1.29 is 0 Å². The lowest BCUT2D eigenvalue weighted by molar-refractivity contribution is 0.515. The van der Waals surface area contributed by atoms with Gasteiger partial charge in [0.1, 0.15) is 0 Å². The van der Waals surface area contributed by atoms with E-state index in [-0.39, 0.29) is 5.69 Å². The van der Waals surface area contributed by atoms with Crippen molar-refractivity contribution in [2.75, 3.05) is 5.73 Å². The molecule has 1 fully saturated rings. The van der Waals surface area contributed by atoms with Gasteiger partial charge in [-0.2, -0.15) is 5.10 Å². The molecule has 1 aliphatic rings. The molecule has 0 spiro atoms. The number of anilines is 1. The number of aryl methyl sites for hydroxylation is 2. The van der Waals surface area contributed by atoms with Crippen molar-refractivity contribution >= 4 is 5.69 Å². The molecule has 0 amide bonds. The maximum atomic E-state index is 11.9. The predicted molar refractivity (Wildman–Crippen MR) is 63.6 cm³/mol. The molecule has 2 N–H and O–H groups in total. The number of nitrogens with zero attached hydrogens (tertiary/aromatic N) is 4. The first-order chi connectivity index (χ1) is 8.24. The van der Waals surface area contributed by atoms with E-state index in [1.807, 2.05) is 17.0 Å². The summed E-state index contributed by atoms with van der Waals surface area (Å²) in [5, 5.41) is 4.08. The van der Waals surface area contributed by atoms with Crippen molar-refractivity contribution in [3.63, 3.8) is 0 Å². The molecule has 0 bridgehead atoms. The van der Waals surface area contributed by atoms with E-state index in [1.165, 1.54) is 0 Å². The summed E-state index contributed by atoms with van der Waals surface area (Å²) < 4.78 is 5.28. The van der Waals surface area contributed by atoms with E-state index in [0.29, 0.717) is 24.8 Å². The number of nitrogens with two attached hydrogens (primary N) is 1. The third kappa shape index (κ3) is 1.98. The van der Waals surface area contributed by atoms with E-state index in [1.54, 1.807) is 21.6 Å². The van der Waals surface area contributed by atoms with Gasteiger partial charge < -0.3 is 5.73 Å². The Hall–Kier alpha value is -1.98. The summed E-state index contributed by atoms with van der Waals surface area (Å²) in [5.41, 5.74) is 6.30. The lowest BCUT2D eigenvalue weighted by Gasteiger charge is -2.02. The van der Waals surface area contributed by atoms with Crippen LogP contribution in [0.15, 0.2) is 29.6 Å². The molecular formula is C11H15N5O. The second kappa shape index (κ2) is 3.80. The summed E-state index contributed by atoms with van der Waals surface area (Å²) in [4.78, 5) is 11.9. The summed E-state index contributed by atoms with van der Waals surface area (Å²) in [6.07, 6.45) is 9.34. The van der Waals surface area contributed by atoms with Gasteiger partial charge in [-0.15, -0.1) is 0 Å². The minimum atomic E-state index is 0.0765. The number of imidazole rings is 1. The maximum Gasteiger partial charge on any atom is 0.328 e. The second-order valence-electron chi connectivity index (χ2n) is 4.45. The van der Waals surface area contributed by atoms with E-state index in [9.17, 15) is 4.79 Å². The minimum Gasteiger partial charge on any atom is -0.396 e. The van der Waals surface area contributed by atoms with Crippen LogP contribution < -0.4 is 11.4 Å².